The van der Waals surface area contributed by atoms with Crippen LogP contribution in [-0.2, 0) is 29.9 Å². The van der Waals surface area contributed by atoms with E-state index in [0.717, 1.165) is 22.5 Å². The number of anilines is 1. The van der Waals surface area contributed by atoms with Gasteiger partial charge < -0.3 is 5.32 Å². The number of sulfone groups is 1. The predicted octanol–water partition coefficient (Wildman–Crippen LogP) is 3.34. The number of aromatic amines is 1. The number of hydrogen-bond donors (Lipinski definition) is 2. The molecule has 2 aromatic heterocycles. The molecule has 1 aliphatic rings. The van der Waals surface area contributed by atoms with E-state index in [1.165, 1.54) is 0 Å². The number of amides is 1. The Kier molecular flexibility index (Phi) is 7.64. The first kappa shape index (κ1) is 27.5. The molecule has 42 heavy (non-hydrogen) atoms. The summed E-state index contributed by atoms with van der Waals surface area (Å²) in [5, 5.41) is 14.8. The van der Waals surface area contributed by atoms with E-state index in [1.807, 2.05) is 79.8 Å². The van der Waals surface area contributed by atoms with Crippen LogP contribution in [0.25, 0.3) is 22.8 Å². The van der Waals surface area contributed by atoms with Gasteiger partial charge in [0, 0.05) is 49.1 Å². The van der Waals surface area contributed by atoms with E-state index in [1.54, 1.807) is 10.7 Å². The third-order valence-electron chi connectivity index (χ3n) is 7.13. The molecule has 1 fully saturated rings. The number of nitrogens with zero attached hydrogens (tertiary/aromatic N) is 6. The smallest absolute Gasteiger partial charge is 0.255 e. The van der Waals surface area contributed by atoms with Crippen molar-refractivity contribution in [3.8, 4) is 22.8 Å². The van der Waals surface area contributed by atoms with Crippen molar-refractivity contribution in [2.75, 3.05) is 29.9 Å². The molecule has 3 heterocycles. The van der Waals surface area contributed by atoms with Gasteiger partial charge in [-0.2, -0.15) is 10.2 Å². The fourth-order valence-electron chi connectivity index (χ4n) is 4.89. The zero-order chi connectivity index (χ0) is 29.1. The summed E-state index contributed by atoms with van der Waals surface area (Å²) in [6, 6.07) is 24.6. The normalized spacial score (nSPS) is 15.0. The van der Waals surface area contributed by atoms with Gasteiger partial charge in [-0.1, -0.05) is 42.5 Å². The Labute approximate surface area is 243 Å². The Bertz CT molecular complexity index is 1800. The zero-order valence-electron chi connectivity index (χ0n) is 23.1. The fourth-order valence-corrected chi connectivity index (χ4v) is 6.16. The molecule has 1 saturated heterocycles. The van der Waals surface area contributed by atoms with Gasteiger partial charge in [-0.05, 0) is 42.0 Å². The van der Waals surface area contributed by atoms with Gasteiger partial charge in [-0.15, -0.1) is 0 Å². The second-order valence-corrected chi connectivity index (χ2v) is 12.6. The molecule has 11 nitrogen and oxygen atoms in total. The average molecular weight is 583 g/mol. The molecule has 12 heteroatoms. The van der Waals surface area contributed by atoms with E-state index in [-0.39, 0.29) is 17.4 Å². The third-order valence-corrected chi connectivity index (χ3v) is 8.74. The lowest BCUT2D eigenvalue weighted by Gasteiger charge is -2.26. The molecular formula is C30H30N8O3S. The minimum Gasteiger partial charge on any atom is -0.322 e. The van der Waals surface area contributed by atoms with Crippen LogP contribution >= 0.6 is 0 Å². The number of carbonyl (C=O) groups is 1. The molecule has 0 aliphatic carbocycles. The van der Waals surface area contributed by atoms with Crippen molar-refractivity contribution in [2.45, 2.75) is 13.0 Å². The summed E-state index contributed by atoms with van der Waals surface area (Å²) in [6.07, 6.45) is 0.414. The number of rotatable bonds is 8. The zero-order valence-corrected chi connectivity index (χ0v) is 23.9. The minimum atomic E-state index is -2.93. The first-order valence-electron chi connectivity index (χ1n) is 13.6. The van der Waals surface area contributed by atoms with Crippen LogP contribution in [0.4, 0.5) is 5.69 Å². The molecule has 1 amide bonds. The topological polar surface area (TPSA) is 139 Å². The number of hydrogen-bond acceptors (Lipinski definition) is 8. The Morgan fingerprint density at radius 1 is 0.929 bits per heavy atom. The Morgan fingerprint density at radius 2 is 1.69 bits per heavy atom. The molecule has 1 aliphatic heterocycles. The molecule has 6 rings (SSSR count). The van der Waals surface area contributed by atoms with Crippen molar-refractivity contribution in [2.24, 2.45) is 7.05 Å². The van der Waals surface area contributed by atoms with Crippen LogP contribution in [0.2, 0.25) is 0 Å². The summed E-state index contributed by atoms with van der Waals surface area (Å²) in [4.78, 5) is 24.3. The first-order valence-corrected chi connectivity index (χ1v) is 15.4. The molecule has 0 saturated carbocycles. The van der Waals surface area contributed by atoms with Gasteiger partial charge in [-0.3, -0.25) is 14.8 Å². The number of H-pyrrole nitrogens is 1. The summed E-state index contributed by atoms with van der Waals surface area (Å²) in [5.74, 6) is 2.76. The summed E-state index contributed by atoms with van der Waals surface area (Å²) >= 11 is 0. The molecule has 0 atom stereocenters. The van der Waals surface area contributed by atoms with Crippen molar-refractivity contribution < 1.29 is 13.2 Å². The van der Waals surface area contributed by atoms with Crippen molar-refractivity contribution in [1.29, 1.82) is 0 Å². The molecule has 0 spiro atoms. The van der Waals surface area contributed by atoms with E-state index < -0.39 is 9.84 Å². The molecule has 0 bridgehead atoms. The van der Waals surface area contributed by atoms with Crippen molar-refractivity contribution in [3.63, 3.8) is 0 Å². The van der Waals surface area contributed by atoms with Gasteiger partial charge in [0.15, 0.2) is 27.3 Å². The van der Waals surface area contributed by atoms with Crippen LogP contribution in [0.15, 0.2) is 78.9 Å². The Morgan fingerprint density at radius 3 is 2.45 bits per heavy atom. The number of aromatic nitrogens is 6. The van der Waals surface area contributed by atoms with E-state index in [4.69, 9.17) is 0 Å². The summed E-state index contributed by atoms with van der Waals surface area (Å²) in [6.45, 7) is 1.62. The van der Waals surface area contributed by atoms with E-state index in [2.05, 4.69) is 35.5 Å². The molecule has 5 aromatic rings. The highest BCUT2D eigenvalue weighted by Gasteiger charge is 2.21. The fraction of sp³-hybridized carbons (Fsp3) is 0.233. The second kappa shape index (κ2) is 11.7. The van der Waals surface area contributed by atoms with Gasteiger partial charge in [0.1, 0.15) is 5.82 Å². The Balaban J connectivity index is 1.07. The molecule has 0 radical (unpaired) electrons. The average Bonchev–Trinajstić information content (AvgIpc) is 3.61. The van der Waals surface area contributed by atoms with Crippen LogP contribution in [0.3, 0.4) is 0 Å². The van der Waals surface area contributed by atoms with Crippen LogP contribution < -0.4 is 5.32 Å². The van der Waals surface area contributed by atoms with Gasteiger partial charge >= 0.3 is 0 Å². The number of nitrogens with one attached hydrogen (secondary N) is 2. The largest absolute Gasteiger partial charge is 0.322 e. The number of benzene rings is 3. The van der Waals surface area contributed by atoms with E-state index in [0.29, 0.717) is 54.8 Å². The maximum Gasteiger partial charge on any atom is 0.255 e. The maximum absolute atomic E-state index is 12.9. The molecule has 3 aromatic carbocycles. The molecule has 2 N–H and O–H groups in total. The number of aryl methyl sites for hydroxylation is 1. The van der Waals surface area contributed by atoms with Crippen LogP contribution in [-0.4, -0.2) is 73.8 Å². The molecule has 0 unspecified atom stereocenters. The summed E-state index contributed by atoms with van der Waals surface area (Å²) in [7, 11) is -1.06. The van der Waals surface area contributed by atoms with Crippen LogP contribution in [0, 0.1) is 0 Å². The van der Waals surface area contributed by atoms with Crippen molar-refractivity contribution >= 4 is 21.4 Å². The SMILES string of the molecule is Cn1nc(Cc2nc(-c3ccc(NC(=O)c4cccc(CN5CCS(=O)(=O)CC5)c4)cc3)n[nH]2)nc1-c1ccccc1. The van der Waals surface area contributed by atoms with E-state index in [9.17, 15) is 13.2 Å². The summed E-state index contributed by atoms with van der Waals surface area (Å²) < 4.78 is 25.1. The van der Waals surface area contributed by atoms with E-state index >= 15 is 0 Å². The van der Waals surface area contributed by atoms with Crippen molar-refractivity contribution in [1.82, 2.24) is 34.8 Å². The second-order valence-electron chi connectivity index (χ2n) is 10.3. The monoisotopic (exact) mass is 582 g/mol. The lowest BCUT2D eigenvalue weighted by Crippen LogP contribution is -2.39. The predicted molar refractivity (Wildman–Crippen MR) is 159 cm³/mol. The standard InChI is InChI=1S/C30H30N8O3S/c1-37-29(23-7-3-2-4-8-23)33-27(36-37)19-26-32-28(35-34-26)22-10-12-25(13-11-22)31-30(39)24-9-5-6-21(18-24)20-38-14-16-42(40,41)17-15-38/h2-13,18H,14-17,19-20H2,1H3,(H,31,39)(H,32,34,35). The van der Waals surface area contributed by atoms with Crippen molar-refractivity contribution in [3.05, 3.63) is 102 Å². The van der Waals surface area contributed by atoms with Gasteiger partial charge in [0.05, 0.1) is 17.9 Å². The highest BCUT2D eigenvalue weighted by molar-refractivity contribution is 7.91. The highest BCUT2D eigenvalue weighted by Crippen LogP contribution is 2.21. The van der Waals surface area contributed by atoms with Crippen LogP contribution in [0.1, 0.15) is 27.6 Å². The highest BCUT2D eigenvalue weighted by atomic mass is 32.2. The molecule has 214 valence electrons. The maximum atomic E-state index is 12.9. The Hall–Kier alpha value is -4.68. The lowest BCUT2D eigenvalue weighted by molar-refractivity contribution is 0.102. The minimum absolute atomic E-state index is 0.176. The molecular weight excluding hydrogens is 552 g/mol. The lowest BCUT2D eigenvalue weighted by atomic mass is 10.1. The van der Waals surface area contributed by atoms with Crippen LogP contribution in [0.5, 0.6) is 0 Å². The third kappa shape index (κ3) is 6.45. The number of carbonyl (C=O) groups excluding carboxylic acids is 1. The quantitative estimate of drug-likeness (QED) is 0.284. The van der Waals surface area contributed by atoms with Gasteiger partial charge in [-0.25, -0.2) is 23.1 Å². The first-order chi connectivity index (χ1) is 20.3. The van der Waals surface area contributed by atoms with Gasteiger partial charge in [0.2, 0.25) is 0 Å². The van der Waals surface area contributed by atoms with Gasteiger partial charge in [0.25, 0.3) is 5.91 Å². The summed E-state index contributed by atoms with van der Waals surface area (Å²) in [5.41, 5.74) is 3.96.